The van der Waals surface area contributed by atoms with E-state index in [2.05, 4.69) is 137 Å². The number of hydrogen-bond donors (Lipinski definition) is 0. The van der Waals surface area contributed by atoms with Crippen molar-refractivity contribution >= 4 is 103 Å². The zero-order valence-corrected chi connectivity index (χ0v) is 30.1. The smallest absolute Gasteiger partial charge is 0.227 e. The lowest BCUT2D eigenvalue weighted by atomic mass is 10.0. The Hall–Kier alpha value is -7.15. The molecule has 0 saturated heterocycles. The molecule has 0 aliphatic heterocycles. The molecular formula is C49H29N3O2S. The van der Waals surface area contributed by atoms with E-state index in [9.17, 15) is 0 Å². The van der Waals surface area contributed by atoms with E-state index >= 15 is 0 Å². The van der Waals surface area contributed by atoms with Crippen LogP contribution in [0.1, 0.15) is 0 Å². The monoisotopic (exact) mass is 723 g/mol. The Kier molecular flexibility index (Phi) is 6.44. The Morgan fingerprint density at radius 1 is 0.491 bits per heavy atom. The molecule has 0 aliphatic rings. The van der Waals surface area contributed by atoms with Crippen LogP contribution in [0.5, 0.6) is 0 Å². The Labute approximate surface area is 318 Å². The lowest BCUT2D eigenvalue weighted by Gasteiger charge is -2.28. The summed E-state index contributed by atoms with van der Waals surface area (Å²) in [7, 11) is 0. The summed E-state index contributed by atoms with van der Waals surface area (Å²) >= 11 is 1.82. The Morgan fingerprint density at radius 3 is 2.04 bits per heavy atom. The molecule has 12 rings (SSSR count). The van der Waals surface area contributed by atoms with Crippen molar-refractivity contribution in [2.24, 2.45) is 0 Å². The third kappa shape index (κ3) is 4.43. The fraction of sp³-hybridized carbons (Fsp3) is 0. The quantitative estimate of drug-likeness (QED) is 0.177. The van der Waals surface area contributed by atoms with Crippen LogP contribution in [-0.4, -0.2) is 9.55 Å². The van der Waals surface area contributed by atoms with Crippen molar-refractivity contribution in [2.45, 2.75) is 0 Å². The minimum Gasteiger partial charge on any atom is -0.456 e. The topological polar surface area (TPSA) is 47.3 Å². The summed E-state index contributed by atoms with van der Waals surface area (Å²) in [5.74, 6) is 0.560. The van der Waals surface area contributed by atoms with Gasteiger partial charge in [0.15, 0.2) is 5.58 Å². The lowest BCUT2D eigenvalue weighted by molar-refractivity contribution is 0.617. The number of fused-ring (bicyclic) bond motifs is 10. The highest BCUT2D eigenvalue weighted by Crippen LogP contribution is 2.53. The number of rotatable bonds is 5. The zero-order valence-electron chi connectivity index (χ0n) is 29.3. The number of benzene rings is 8. The minimum atomic E-state index is 0.560. The van der Waals surface area contributed by atoms with Gasteiger partial charge in [-0.2, -0.15) is 0 Å². The average molecular weight is 724 g/mol. The summed E-state index contributed by atoms with van der Waals surface area (Å²) < 4.78 is 18.2. The van der Waals surface area contributed by atoms with Crippen LogP contribution in [0.4, 0.5) is 17.1 Å². The van der Waals surface area contributed by atoms with Crippen LogP contribution in [-0.2, 0) is 0 Å². The van der Waals surface area contributed by atoms with E-state index in [1.807, 2.05) is 59.9 Å². The second-order valence-electron chi connectivity index (χ2n) is 13.9. The minimum absolute atomic E-state index is 0.560. The van der Waals surface area contributed by atoms with Crippen LogP contribution < -0.4 is 4.90 Å². The first-order valence-corrected chi connectivity index (χ1v) is 19.2. The summed E-state index contributed by atoms with van der Waals surface area (Å²) in [5, 5.41) is 6.74. The molecule has 8 aromatic carbocycles. The van der Waals surface area contributed by atoms with Gasteiger partial charge in [0.25, 0.3) is 0 Å². The third-order valence-electron chi connectivity index (χ3n) is 10.8. The molecule has 0 saturated carbocycles. The van der Waals surface area contributed by atoms with Crippen LogP contribution in [0.2, 0.25) is 0 Å². The van der Waals surface area contributed by atoms with E-state index in [0.717, 1.165) is 72.2 Å². The number of aromatic nitrogens is 2. The van der Waals surface area contributed by atoms with Crippen LogP contribution in [0.25, 0.3) is 92.2 Å². The van der Waals surface area contributed by atoms with E-state index in [1.54, 1.807) is 0 Å². The first kappa shape index (κ1) is 30.3. The van der Waals surface area contributed by atoms with Crippen LogP contribution >= 0.6 is 11.3 Å². The first-order valence-electron chi connectivity index (χ1n) is 18.4. The van der Waals surface area contributed by atoms with Gasteiger partial charge in [0.05, 0.1) is 33.5 Å². The van der Waals surface area contributed by atoms with Gasteiger partial charge in [0, 0.05) is 53.6 Å². The van der Waals surface area contributed by atoms with Crippen LogP contribution in [0.3, 0.4) is 0 Å². The molecule has 0 N–H and O–H groups in total. The molecule has 0 bridgehead atoms. The molecule has 12 aromatic rings. The van der Waals surface area contributed by atoms with Gasteiger partial charge >= 0.3 is 0 Å². The summed E-state index contributed by atoms with van der Waals surface area (Å²) in [6, 6.07) is 61.8. The van der Waals surface area contributed by atoms with Gasteiger partial charge in [-0.05, 0) is 60.7 Å². The SMILES string of the molecule is c1ccc(-c2nc3c(N(c4cccc5sc6ccccc6c45)c4cccc5c6ccccc6n(-c6ccccc6)c45)c4c(cc3o2)oc2ccccc24)cc1. The zero-order chi connectivity index (χ0) is 36.0. The van der Waals surface area contributed by atoms with Crippen molar-refractivity contribution in [3.63, 3.8) is 0 Å². The number of furan rings is 1. The van der Waals surface area contributed by atoms with E-state index < -0.39 is 0 Å². The van der Waals surface area contributed by atoms with E-state index in [0.29, 0.717) is 11.5 Å². The molecule has 4 heterocycles. The van der Waals surface area contributed by atoms with Crippen molar-refractivity contribution < 1.29 is 8.83 Å². The normalized spacial score (nSPS) is 12.0. The molecule has 0 unspecified atom stereocenters. The van der Waals surface area contributed by atoms with Crippen molar-refractivity contribution in [2.75, 3.05) is 4.90 Å². The van der Waals surface area contributed by atoms with Crippen molar-refractivity contribution in [3.8, 4) is 17.1 Å². The number of nitrogens with zero attached hydrogens (tertiary/aromatic N) is 3. The molecule has 5 nitrogen and oxygen atoms in total. The van der Waals surface area contributed by atoms with Gasteiger partial charge in [0.1, 0.15) is 16.7 Å². The summed E-state index contributed by atoms with van der Waals surface area (Å²) in [4.78, 5) is 7.81. The molecule has 258 valence electrons. The van der Waals surface area contributed by atoms with E-state index in [1.165, 1.54) is 25.6 Å². The van der Waals surface area contributed by atoms with Gasteiger partial charge < -0.3 is 18.3 Å². The van der Waals surface area contributed by atoms with Crippen LogP contribution in [0, 0.1) is 0 Å². The van der Waals surface area contributed by atoms with Gasteiger partial charge in [-0.1, -0.05) is 109 Å². The highest BCUT2D eigenvalue weighted by molar-refractivity contribution is 7.26. The van der Waals surface area contributed by atoms with Gasteiger partial charge in [-0.25, -0.2) is 4.98 Å². The largest absolute Gasteiger partial charge is 0.456 e. The number of hydrogen-bond acceptors (Lipinski definition) is 5. The summed E-state index contributed by atoms with van der Waals surface area (Å²) in [5.41, 5.74) is 10.2. The number of thiophene rings is 1. The van der Waals surface area contributed by atoms with Crippen molar-refractivity contribution in [1.29, 1.82) is 0 Å². The fourth-order valence-electron chi connectivity index (χ4n) is 8.51. The molecule has 0 aliphatic carbocycles. The molecule has 0 radical (unpaired) electrons. The van der Waals surface area contributed by atoms with Gasteiger partial charge in [-0.3, -0.25) is 0 Å². The predicted molar refractivity (Wildman–Crippen MR) is 229 cm³/mol. The molecule has 0 amide bonds. The number of oxazole rings is 1. The Bertz CT molecular complexity index is 3450. The first-order chi connectivity index (χ1) is 27.3. The highest BCUT2D eigenvalue weighted by Gasteiger charge is 2.30. The maximum atomic E-state index is 6.69. The fourth-order valence-corrected chi connectivity index (χ4v) is 9.64. The molecule has 0 fully saturated rings. The molecule has 4 aromatic heterocycles. The molecule has 0 spiro atoms. The molecular weight excluding hydrogens is 695 g/mol. The Balaban J connectivity index is 1.31. The lowest BCUT2D eigenvalue weighted by Crippen LogP contribution is -2.13. The molecule has 0 atom stereocenters. The third-order valence-corrected chi connectivity index (χ3v) is 11.9. The maximum absolute atomic E-state index is 6.69. The predicted octanol–water partition coefficient (Wildman–Crippen LogP) is 14.3. The van der Waals surface area contributed by atoms with E-state index in [4.69, 9.17) is 13.8 Å². The second-order valence-corrected chi connectivity index (χ2v) is 15.0. The Morgan fingerprint density at radius 2 is 1.16 bits per heavy atom. The average Bonchev–Trinajstić information content (AvgIpc) is 4.02. The number of para-hydroxylation sites is 4. The highest BCUT2D eigenvalue weighted by atomic mass is 32.1. The maximum Gasteiger partial charge on any atom is 0.227 e. The standard InChI is InChI=1S/C49H29N3O2S/c1-3-15-30(16-4-1)49-50-46-41(54-49)29-40-45(34-20-8-11-26-39(34)53-40)48(46)52(37-24-14-28-43-44(37)35-21-9-12-27-42(35)55-43)38-25-13-22-33-32-19-7-10-23-36(32)51(47(33)38)31-17-5-2-6-18-31/h1-29H. The van der Waals surface area contributed by atoms with Crippen molar-refractivity contribution in [1.82, 2.24) is 9.55 Å². The molecule has 55 heavy (non-hydrogen) atoms. The molecule has 6 heteroatoms. The van der Waals surface area contributed by atoms with Crippen LogP contribution in [0.15, 0.2) is 185 Å². The summed E-state index contributed by atoms with van der Waals surface area (Å²) in [6.45, 7) is 0. The summed E-state index contributed by atoms with van der Waals surface area (Å²) in [6.07, 6.45) is 0. The second kappa shape index (κ2) is 11.7. The van der Waals surface area contributed by atoms with Gasteiger partial charge in [-0.15, -0.1) is 11.3 Å². The number of anilines is 3. The van der Waals surface area contributed by atoms with Gasteiger partial charge in [0.2, 0.25) is 5.89 Å². The van der Waals surface area contributed by atoms with Crippen molar-refractivity contribution in [3.05, 3.63) is 176 Å². The van der Waals surface area contributed by atoms with E-state index in [-0.39, 0.29) is 0 Å².